The summed E-state index contributed by atoms with van der Waals surface area (Å²) in [5.41, 5.74) is 1.77. The van der Waals surface area contributed by atoms with Crippen molar-refractivity contribution in [1.82, 2.24) is 19.9 Å². The minimum absolute atomic E-state index is 0.0515. The van der Waals surface area contributed by atoms with E-state index in [4.69, 9.17) is 14.5 Å². The van der Waals surface area contributed by atoms with Crippen LogP contribution in [0.25, 0.3) is 22.3 Å². The molecule has 34 heavy (non-hydrogen) atoms. The highest BCUT2D eigenvalue weighted by molar-refractivity contribution is 5.83. The van der Waals surface area contributed by atoms with Crippen LogP contribution in [0.3, 0.4) is 0 Å². The topological polar surface area (TPSA) is 95.3 Å². The van der Waals surface area contributed by atoms with Crippen LogP contribution in [0.2, 0.25) is 0 Å². The van der Waals surface area contributed by atoms with Crippen molar-refractivity contribution < 1.29 is 14.3 Å². The van der Waals surface area contributed by atoms with Gasteiger partial charge < -0.3 is 14.8 Å². The molecule has 0 aliphatic heterocycles. The standard InChI is InChI=1S/C26H26N4O4/c1-17(2)28-24(31)15-30-25(19-7-4-8-20(12-19)33-3)29-23-10-9-21(13-22(23)26(30)32)34-16-18-6-5-11-27-14-18/h4-14,17H,15-16H2,1-3H3,(H,28,31). The van der Waals surface area contributed by atoms with Gasteiger partial charge in [-0.05, 0) is 50.2 Å². The zero-order valence-corrected chi connectivity index (χ0v) is 19.3. The number of amides is 1. The van der Waals surface area contributed by atoms with Gasteiger partial charge in [-0.15, -0.1) is 0 Å². The monoisotopic (exact) mass is 458 g/mol. The van der Waals surface area contributed by atoms with Gasteiger partial charge in [-0.25, -0.2) is 4.98 Å². The van der Waals surface area contributed by atoms with E-state index >= 15 is 0 Å². The molecular weight excluding hydrogens is 432 g/mol. The highest BCUT2D eigenvalue weighted by Crippen LogP contribution is 2.25. The van der Waals surface area contributed by atoms with Gasteiger partial charge in [0, 0.05) is 29.6 Å². The molecule has 0 unspecified atom stereocenters. The number of hydrogen-bond acceptors (Lipinski definition) is 6. The number of carbonyl (C=O) groups is 1. The minimum atomic E-state index is -0.325. The van der Waals surface area contributed by atoms with Crippen molar-refractivity contribution in [2.75, 3.05) is 7.11 Å². The maximum Gasteiger partial charge on any atom is 0.262 e. The highest BCUT2D eigenvalue weighted by atomic mass is 16.5. The second-order valence-corrected chi connectivity index (χ2v) is 8.11. The molecule has 2 aromatic carbocycles. The predicted molar refractivity (Wildman–Crippen MR) is 130 cm³/mol. The Morgan fingerprint density at radius 3 is 2.68 bits per heavy atom. The molecular formula is C26H26N4O4. The minimum Gasteiger partial charge on any atom is -0.497 e. The van der Waals surface area contributed by atoms with Crippen molar-refractivity contribution in [3.63, 3.8) is 0 Å². The van der Waals surface area contributed by atoms with Crippen LogP contribution in [0.15, 0.2) is 71.8 Å². The van der Waals surface area contributed by atoms with Crippen molar-refractivity contribution in [3.05, 3.63) is 82.9 Å². The summed E-state index contributed by atoms with van der Waals surface area (Å²) >= 11 is 0. The first-order valence-electron chi connectivity index (χ1n) is 10.9. The van der Waals surface area contributed by atoms with Crippen LogP contribution in [-0.2, 0) is 17.9 Å². The van der Waals surface area contributed by atoms with Gasteiger partial charge in [-0.1, -0.05) is 18.2 Å². The lowest BCUT2D eigenvalue weighted by atomic mass is 10.1. The van der Waals surface area contributed by atoms with Crippen LogP contribution in [0, 0.1) is 0 Å². The Labute approximate surface area is 197 Å². The molecule has 1 N–H and O–H groups in total. The van der Waals surface area contributed by atoms with Crippen molar-refractivity contribution in [2.24, 2.45) is 0 Å². The molecule has 8 nitrogen and oxygen atoms in total. The van der Waals surface area contributed by atoms with E-state index in [9.17, 15) is 9.59 Å². The molecule has 4 rings (SSSR count). The number of pyridine rings is 1. The molecule has 0 aliphatic rings. The molecule has 0 aliphatic carbocycles. The predicted octanol–water partition coefficient (Wildman–Crippen LogP) is 3.57. The number of hydrogen-bond donors (Lipinski definition) is 1. The average molecular weight is 459 g/mol. The van der Waals surface area contributed by atoms with E-state index in [-0.39, 0.29) is 24.1 Å². The van der Waals surface area contributed by atoms with Gasteiger partial charge in [0.05, 0.1) is 18.0 Å². The lowest BCUT2D eigenvalue weighted by Crippen LogP contribution is -2.37. The number of benzene rings is 2. The number of carbonyl (C=O) groups excluding carboxylic acids is 1. The smallest absolute Gasteiger partial charge is 0.262 e. The fourth-order valence-electron chi connectivity index (χ4n) is 3.58. The van der Waals surface area contributed by atoms with Crippen LogP contribution < -0.4 is 20.3 Å². The molecule has 0 saturated heterocycles. The molecule has 2 heterocycles. The van der Waals surface area contributed by atoms with E-state index in [1.54, 1.807) is 43.8 Å². The largest absolute Gasteiger partial charge is 0.497 e. The third-order valence-corrected chi connectivity index (χ3v) is 5.13. The number of rotatable bonds is 8. The third-order valence-electron chi connectivity index (χ3n) is 5.13. The molecule has 4 aromatic rings. The van der Waals surface area contributed by atoms with Gasteiger partial charge in [0.25, 0.3) is 5.56 Å². The van der Waals surface area contributed by atoms with E-state index in [2.05, 4.69) is 10.3 Å². The quantitative estimate of drug-likeness (QED) is 0.434. The van der Waals surface area contributed by atoms with Crippen LogP contribution in [0.4, 0.5) is 0 Å². The third kappa shape index (κ3) is 5.23. The molecule has 174 valence electrons. The number of nitrogens with zero attached hydrogens (tertiary/aromatic N) is 3. The van der Waals surface area contributed by atoms with Crippen LogP contribution in [-0.4, -0.2) is 33.6 Å². The average Bonchev–Trinajstić information content (AvgIpc) is 2.84. The van der Waals surface area contributed by atoms with E-state index in [1.807, 2.05) is 44.2 Å². The Balaban J connectivity index is 1.77. The number of methoxy groups -OCH3 is 1. The summed E-state index contributed by atoms with van der Waals surface area (Å²) in [7, 11) is 1.57. The van der Waals surface area contributed by atoms with Gasteiger partial charge >= 0.3 is 0 Å². The molecule has 2 aromatic heterocycles. The molecule has 0 fully saturated rings. The number of fused-ring (bicyclic) bond motifs is 1. The van der Waals surface area contributed by atoms with E-state index in [0.717, 1.165) is 5.56 Å². The van der Waals surface area contributed by atoms with Gasteiger partial charge in [-0.3, -0.25) is 19.1 Å². The van der Waals surface area contributed by atoms with Crippen LogP contribution in [0.1, 0.15) is 19.4 Å². The Hall–Kier alpha value is -4.20. The normalized spacial score (nSPS) is 10.9. The van der Waals surface area contributed by atoms with Gasteiger partial charge in [0.1, 0.15) is 30.5 Å². The van der Waals surface area contributed by atoms with E-state index < -0.39 is 0 Å². The van der Waals surface area contributed by atoms with Crippen LogP contribution in [0.5, 0.6) is 11.5 Å². The van der Waals surface area contributed by atoms with Crippen molar-refractivity contribution in [3.8, 4) is 22.9 Å². The fraction of sp³-hybridized carbons (Fsp3) is 0.231. The Morgan fingerprint density at radius 1 is 1.09 bits per heavy atom. The van der Waals surface area contributed by atoms with Crippen molar-refractivity contribution in [1.29, 1.82) is 0 Å². The molecule has 0 spiro atoms. The zero-order chi connectivity index (χ0) is 24.1. The molecule has 1 amide bonds. The number of aromatic nitrogens is 3. The molecule has 0 bridgehead atoms. The maximum atomic E-state index is 13.6. The summed E-state index contributed by atoms with van der Waals surface area (Å²) in [5.74, 6) is 1.28. The number of ether oxygens (including phenoxy) is 2. The summed E-state index contributed by atoms with van der Waals surface area (Å²) in [5, 5.41) is 3.20. The molecule has 0 saturated carbocycles. The summed E-state index contributed by atoms with van der Waals surface area (Å²) in [6.07, 6.45) is 3.42. The first kappa shape index (κ1) is 23.0. The van der Waals surface area contributed by atoms with Crippen molar-refractivity contribution >= 4 is 16.8 Å². The number of nitrogens with one attached hydrogen (secondary N) is 1. The van der Waals surface area contributed by atoms with Gasteiger partial charge in [0.15, 0.2) is 0 Å². The van der Waals surface area contributed by atoms with Gasteiger partial charge in [0.2, 0.25) is 5.91 Å². The lowest BCUT2D eigenvalue weighted by Gasteiger charge is -2.16. The molecule has 8 heteroatoms. The second kappa shape index (κ2) is 10.2. The maximum absolute atomic E-state index is 13.6. The first-order valence-corrected chi connectivity index (χ1v) is 10.9. The van der Waals surface area contributed by atoms with E-state index in [0.29, 0.717) is 40.4 Å². The summed E-state index contributed by atoms with van der Waals surface area (Å²) < 4.78 is 12.6. The van der Waals surface area contributed by atoms with Crippen molar-refractivity contribution in [2.45, 2.75) is 33.0 Å². The van der Waals surface area contributed by atoms with Gasteiger partial charge in [-0.2, -0.15) is 0 Å². The summed E-state index contributed by atoms with van der Waals surface area (Å²) in [6.45, 7) is 3.90. The first-order chi connectivity index (χ1) is 16.4. The molecule has 0 atom stereocenters. The molecule has 0 radical (unpaired) electrons. The Kier molecular flexibility index (Phi) is 6.87. The Bertz CT molecular complexity index is 1370. The zero-order valence-electron chi connectivity index (χ0n) is 19.3. The second-order valence-electron chi connectivity index (χ2n) is 8.11. The summed E-state index contributed by atoms with van der Waals surface area (Å²) in [6, 6.07) is 16.1. The fourth-order valence-corrected chi connectivity index (χ4v) is 3.58. The lowest BCUT2D eigenvalue weighted by molar-refractivity contribution is -0.122. The van der Waals surface area contributed by atoms with Crippen LogP contribution >= 0.6 is 0 Å². The van der Waals surface area contributed by atoms with E-state index in [1.165, 1.54) is 4.57 Å². The SMILES string of the molecule is COc1cccc(-c2nc3ccc(OCc4cccnc4)cc3c(=O)n2CC(=O)NC(C)C)c1. The summed E-state index contributed by atoms with van der Waals surface area (Å²) in [4.78, 5) is 35.0. The highest BCUT2D eigenvalue weighted by Gasteiger charge is 2.17. The Morgan fingerprint density at radius 2 is 1.94 bits per heavy atom.